The van der Waals surface area contributed by atoms with Crippen LogP contribution in [0.5, 0.6) is 5.75 Å². The zero-order valence-corrected chi connectivity index (χ0v) is 15.2. The van der Waals surface area contributed by atoms with Gasteiger partial charge in [0, 0.05) is 20.1 Å². The van der Waals surface area contributed by atoms with Crippen LogP contribution in [0.4, 0.5) is 0 Å². The summed E-state index contributed by atoms with van der Waals surface area (Å²) in [6.07, 6.45) is 5.45. The van der Waals surface area contributed by atoms with Gasteiger partial charge in [-0.3, -0.25) is 4.99 Å². The second-order valence-electron chi connectivity index (χ2n) is 5.29. The summed E-state index contributed by atoms with van der Waals surface area (Å²) in [5, 5.41) is 6.68. The van der Waals surface area contributed by atoms with E-state index in [1.54, 1.807) is 7.11 Å². The summed E-state index contributed by atoms with van der Waals surface area (Å²) >= 11 is 0. The normalized spacial score (nSPS) is 14.3. The summed E-state index contributed by atoms with van der Waals surface area (Å²) < 4.78 is 5.15. The molecule has 0 unspecified atom stereocenters. The van der Waals surface area contributed by atoms with Gasteiger partial charge in [0.2, 0.25) is 0 Å². The lowest BCUT2D eigenvalue weighted by atomic mass is 10.2. The van der Waals surface area contributed by atoms with Crippen LogP contribution in [-0.2, 0) is 6.54 Å². The monoisotopic (exact) mass is 403 g/mol. The maximum atomic E-state index is 5.15. The van der Waals surface area contributed by atoms with E-state index in [0.29, 0.717) is 0 Å². The van der Waals surface area contributed by atoms with Crippen molar-refractivity contribution >= 4 is 29.9 Å². The number of ether oxygens (including phenoxy) is 1. The topological polar surface area (TPSA) is 45.7 Å². The Morgan fingerprint density at radius 3 is 2.52 bits per heavy atom. The van der Waals surface area contributed by atoms with Crippen LogP contribution in [0, 0.1) is 5.92 Å². The quantitative estimate of drug-likeness (QED) is 0.318. The number of halogens is 1. The van der Waals surface area contributed by atoms with Crippen molar-refractivity contribution in [3.05, 3.63) is 29.8 Å². The van der Waals surface area contributed by atoms with Crippen molar-refractivity contribution in [2.75, 3.05) is 20.7 Å². The van der Waals surface area contributed by atoms with E-state index >= 15 is 0 Å². The van der Waals surface area contributed by atoms with Gasteiger partial charge in [0.05, 0.1) is 7.11 Å². The van der Waals surface area contributed by atoms with Crippen LogP contribution in [0.1, 0.15) is 31.2 Å². The Bertz CT molecular complexity index is 430. The van der Waals surface area contributed by atoms with Gasteiger partial charge in [-0.05, 0) is 36.5 Å². The minimum atomic E-state index is 0. The van der Waals surface area contributed by atoms with Crippen LogP contribution in [0.25, 0.3) is 0 Å². The fourth-order valence-corrected chi connectivity index (χ4v) is 2.15. The van der Waals surface area contributed by atoms with E-state index in [1.165, 1.54) is 31.2 Å². The largest absolute Gasteiger partial charge is 0.497 e. The Kier molecular flexibility index (Phi) is 8.49. The van der Waals surface area contributed by atoms with Crippen LogP contribution in [0.15, 0.2) is 29.3 Å². The molecular formula is C16H26IN3O. The zero-order valence-electron chi connectivity index (χ0n) is 12.9. The lowest BCUT2D eigenvalue weighted by molar-refractivity contribution is 0.414. The first-order chi connectivity index (χ1) is 9.81. The number of rotatable bonds is 7. The van der Waals surface area contributed by atoms with E-state index in [-0.39, 0.29) is 24.0 Å². The average molecular weight is 403 g/mol. The molecule has 0 spiro atoms. The summed E-state index contributed by atoms with van der Waals surface area (Å²) in [6.45, 7) is 1.77. The highest BCUT2D eigenvalue weighted by Crippen LogP contribution is 2.33. The van der Waals surface area contributed by atoms with Gasteiger partial charge in [0.25, 0.3) is 0 Å². The van der Waals surface area contributed by atoms with Gasteiger partial charge in [0.1, 0.15) is 5.75 Å². The SMILES string of the molecule is CN=C(NCCCC1CC1)NCc1ccc(OC)cc1.I. The molecule has 2 rings (SSSR count). The van der Waals surface area contributed by atoms with E-state index in [2.05, 4.69) is 27.8 Å². The first-order valence-corrected chi connectivity index (χ1v) is 7.39. The van der Waals surface area contributed by atoms with Crippen LogP contribution >= 0.6 is 24.0 Å². The maximum absolute atomic E-state index is 5.15. The second kappa shape index (κ2) is 9.87. The van der Waals surface area contributed by atoms with Gasteiger partial charge in [-0.2, -0.15) is 0 Å². The van der Waals surface area contributed by atoms with Gasteiger partial charge in [-0.15, -0.1) is 24.0 Å². The summed E-state index contributed by atoms with van der Waals surface area (Å²) in [5.41, 5.74) is 1.21. The molecule has 1 aromatic rings. The highest BCUT2D eigenvalue weighted by Gasteiger charge is 2.19. The Hall–Kier alpha value is -0.980. The number of aliphatic imine (C=N–C) groups is 1. The molecule has 0 amide bonds. The van der Waals surface area contributed by atoms with Gasteiger partial charge in [-0.1, -0.05) is 25.0 Å². The van der Waals surface area contributed by atoms with Crippen molar-refractivity contribution in [1.82, 2.24) is 10.6 Å². The van der Waals surface area contributed by atoms with Crippen LogP contribution in [0.3, 0.4) is 0 Å². The number of hydrogen-bond donors (Lipinski definition) is 2. The van der Waals surface area contributed by atoms with Crippen LogP contribution in [-0.4, -0.2) is 26.7 Å². The third-order valence-electron chi connectivity index (χ3n) is 3.62. The van der Waals surface area contributed by atoms with E-state index in [1.807, 2.05) is 19.2 Å². The number of guanidine groups is 1. The molecule has 1 saturated carbocycles. The van der Waals surface area contributed by atoms with Crippen molar-refractivity contribution < 1.29 is 4.74 Å². The van der Waals surface area contributed by atoms with Gasteiger partial charge >= 0.3 is 0 Å². The molecule has 0 heterocycles. The molecule has 0 radical (unpaired) electrons. The summed E-state index contributed by atoms with van der Waals surface area (Å²) in [4.78, 5) is 4.24. The molecule has 4 nitrogen and oxygen atoms in total. The molecule has 0 atom stereocenters. The fraction of sp³-hybridized carbons (Fsp3) is 0.562. The minimum Gasteiger partial charge on any atom is -0.497 e. The van der Waals surface area contributed by atoms with Gasteiger partial charge in [0.15, 0.2) is 5.96 Å². The van der Waals surface area contributed by atoms with Gasteiger partial charge < -0.3 is 15.4 Å². The predicted molar refractivity (Wildman–Crippen MR) is 98.6 cm³/mol. The molecule has 1 aromatic carbocycles. The zero-order chi connectivity index (χ0) is 14.2. The molecule has 118 valence electrons. The maximum Gasteiger partial charge on any atom is 0.191 e. The van der Waals surface area contributed by atoms with Crippen molar-refractivity contribution in [3.8, 4) is 5.75 Å². The summed E-state index contributed by atoms with van der Waals surface area (Å²) in [7, 11) is 3.49. The standard InChI is InChI=1S/C16H25N3O.HI/c1-17-16(18-11-3-4-13-5-6-13)19-12-14-7-9-15(20-2)10-8-14;/h7-10,13H,3-6,11-12H2,1-2H3,(H2,17,18,19);1H. The molecule has 5 heteroatoms. The van der Waals surface area contributed by atoms with Crippen LogP contribution in [0.2, 0.25) is 0 Å². The molecule has 0 aromatic heterocycles. The molecule has 2 N–H and O–H groups in total. The van der Waals surface area contributed by atoms with Crippen LogP contribution < -0.4 is 15.4 Å². The summed E-state index contributed by atoms with van der Waals surface area (Å²) in [5.74, 6) is 2.76. The molecule has 0 aliphatic heterocycles. The third-order valence-corrected chi connectivity index (χ3v) is 3.62. The van der Waals surface area contributed by atoms with E-state index < -0.39 is 0 Å². The van der Waals surface area contributed by atoms with E-state index in [9.17, 15) is 0 Å². The number of methoxy groups -OCH3 is 1. The third kappa shape index (κ3) is 7.02. The number of nitrogens with zero attached hydrogens (tertiary/aromatic N) is 1. The molecule has 21 heavy (non-hydrogen) atoms. The average Bonchev–Trinajstić information content (AvgIpc) is 3.31. The second-order valence-corrected chi connectivity index (χ2v) is 5.29. The molecular weight excluding hydrogens is 377 g/mol. The lowest BCUT2D eigenvalue weighted by Gasteiger charge is -2.12. The highest BCUT2D eigenvalue weighted by molar-refractivity contribution is 14.0. The molecule has 1 aliphatic carbocycles. The Labute approximate surface area is 144 Å². The minimum absolute atomic E-state index is 0. The van der Waals surface area contributed by atoms with Crippen molar-refractivity contribution in [2.24, 2.45) is 10.9 Å². The van der Waals surface area contributed by atoms with Crippen molar-refractivity contribution in [1.29, 1.82) is 0 Å². The van der Waals surface area contributed by atoms with Crippen molar-refractivity contribution in [3.63, 3.8) is 0 Å². The Balaban J connectivity index is 0.00000220. The first-order valence-electron chi connectivity index (χ1n) is 7.39. The van der Waals surface area contributed by atoms with E-state index in [4.69, 9.17) is 4.74 Å². The Morgan fingerprint density at radius 1 is 1.24 bits per heavy atom. The smallest absolute Gasteiger partial charge is 0.191 e. The molecule has 1 fully saturated rings. The number of benzene rings is 1. The number of hydrogen-bond acceptors (Lipinski definition) is 2. The van der Waals surface area contributed by atoms with E-state index in [0.717, 1.165) is 30.7 Å². The first kappa shape index (κ1) is 18.1. The Morgan fingerprint density at radius 2 is 1.95 bits per heavy atom. The lowest BCUT2D eigenvalue weighted by Crippen LogP contribution is -2.37. The number of nitrogens with one attached hydrogen (secondary N) is 2. The van der Waals surface area contributed by atoms with Gasteiger partial charge in [-0.25, -0.2) is 0 Å². The molecule has 0 saturated heterocycles. The van der Waals surface area contributed by atoms with Crippen molar-refractivity contribution in [2.45, 2.75) is 32.2 Å². The summed E-state index contributed by atoms with van der Waals surface area (Å²) in [6, 6.07) is 8.07. The highest BCUT2D eigenvalue weighted by atomic mass is 127. The molecule has 0 bridgehead atoms. The molecule has 1 aliphatic rings. The predicted octanol–water partition coefficient (Wildman–Crippen LogP) is 3.17. The fourth-order valence-electron chi connectivity index (χ4n) is 2.15.